The molecule has 0 bridgehead atoms. The van der Waals surface area contributed by atoms with Gasteiger partial charge in [0, 0.05) is 33.4 Å². The van der Waals surface area contributed by atoms with E-state index in [4.69, 9.17) is 9.47 Å². The summed E-state index contributed by atoms with van der Waals surface area (Å²) in [5.41, 5.74) is -1.42. The van der Waals surface area contributed by atoms with Gasteiger partial charge in [0.15, 0.2) is 0 Å². The highest BCUT2D eigenvalue weighted by molar-refractivity contribution is 5.68. The first-order valence-electron chi connectivity index (χ1n) is 8.02. The van der Waals surface area contributed by atoms with E-state index in [-0.39, 0.29) is 18.6 Å². The average molecular weight is 317 g/mol. The summed E-state index contributed by atoms with van der Waals surface area (Å²) >= 11 is 0. The summed E-state index contributed by atoms with van der Waals surface area (Å²) in [4.78, 5) is 13.7. The fourth-order valence-electron chi connectivity index (χ4n) is 2.93. The van der Waals surface area contributed by atoms with E-state index in [1.807, 2.05) is 20.8 Å². The number of carbonyl (C=O) groups excluding carboxylic acids is 1. The van der Waals surface area contributed by atoms with Crippen molar-refractivity contribution >= 4 is 6.09 Å². The van der Waals surface area contributed by atoms with E-state index in [2.05, 4.69) is 0 Å². The lowest BCUT2D eigenvalue weighted by atomic mass is 9.76. The Morgan fingerprint density at radius 3 is 2.27 bits per heavy atom. The lowest BCUT2D eigenvalue weighted by Crippen LogP contribution is -2.48. The van der Waals surface area contributed by atoms with E-state index in [0.29, 0.717) is 45.4 Å². The molecule has 22 heavy (non-hydrogen) atoms. The van der Waals surface area contributed by atoms with Gasteiger partial charge in [-0.05, 0) is 52.4 Å². The third-order valence-electron chi connectivity index (χ3n) is 4.19. The SMILES string of the molecule is COCCC(O)(CCO)C1CCN(C(=O)OC(C)(C)C)CC1. The lowest BCUT2D eigenvalue weighted by Gasteiger charge is -2.41. The van der Waals surface area contributed by atoms with Crippen molar-refractivity contribution in [3.05, 3.63) is 0 Å². The van der Waals surface area contributed by atoms with Gasteiger partial charge in [-0.2, -0.15) is 0 Å². The largest absolute Gasteiger partial charge is 0.444 e. The van der Waals surface area contributed by atoms with Crippen molar-refractivity contribution in [2.24, 2.45) is 5.92 Å². The Labute approximate surface area is 133 Å². The first-order valence-corrected chi connectivity index (χ1v) is 8.02. The highest BCUT2D eigenvalue weighted by Crippen LogP contribution is 2.34. The van der Waals surface area contributed by atoms with Crippen molar-refractivity contribution in [2.75, 3.05) is 33.4 Å². The molecule has 1 aliphatic heterocycles. The number of hydrogen-bond donors (Lipinski definition) is 2. The fourth-order valence-corrected chi connectivity index (χ4v) is 2.93. The molecule has 1 amide bonds. The Bertz CT molecular complexity index is 347. The first kappa shape index (κ1) is 19.2. The topological polar surface area (TPSA) is 79.2 Å². The number of rotatable bonds is 6. The Morgan fingerprint density at radius 2 is 1.82 bits per heavy atom. The normalized spacial score (nSPS) is 19.8. The number of methoxy groups -OCH3 is 1. The first-order chi connectivity index (χ1) is 10.2. The Kier molecular flexibility index (Phi) is 7.09. The molecule has 0 saturated carbocycles. The molecule has 0 aromatic carbocycles. The van der Waals surface area contributed by atoms with E-state index in [1.54, 1.807) is 12.0 Å². The number of aliphatic hydroxyl groups excluding tert-OH is 1. The van der Waals surface area contributed by atoms with Gasteiger partial charge in [-0.3, -0.25) is 0 Å². The van der Waals surface area contributed by atoms with Crippen LogP contribution in [0.2, 0.25) is 0 Å². The fraction of sp³-hybridized carbons (Fsp3) is 0.938. The van der Waals surface area contributed by atoms with Crippen LogP contribution in [0.25, 0.3) is 0 Å². The number of hydrogen-bond acceptors (Lipinski definition) is 5. The monoisotopic (exact) mass is 317 g/mol. The lowest BCUT2D eigenvalue weighted by molar-refractivity contribution is -0.0762. The van der Waals surface area contributed by atoms with Gasteiger partial charge in [0.25, 0.3) is 0 Å². The highest BCUT2D eigenvalue weighted by atomic mass is 16.6. The van der Waals surface area contributed by atoms with Crippen molar-refractivity contribution in [3.63, 3.8) is 0 Å². The van der Waals surface area contributed by atoms with Gasteiger partial charge in [0.1, 0.15) is 5.60 Å². The zero-order valence-electron chi connectivity index (χ0n) is 14.3. The number of aliphatic hydroxyl groups is 2. The van der Waals surface area contributed by atoms with Crippen LogP contribution < -0.4 is 0 Å². The van der Waals surface area contributed by atoms with Crippen LogP contribution in [0.5, 0.6) is 0 Å². The summed E-state index contributed by atoms with van der Waals surface area (Å²) in [5.74, 6) is 0.0634. The van der Waals surface area contributed by atoms with Gasteiger partial charge in [0.2, 0.25) is 0 Å². The summed E-state index contributed by atoms with van der Waals surface area (Å²) < 4.78 is 10.4. The molecule has 6 nitrogen and oxygen atoms in total. The second-order valence-corrected chi connectivity index (χ2v) is 7.06. The van der Waals surface area contributed by atoms with Gasteiger partial charge in [-0.15, -0.1) is 0 Å². The van der Waals surface area contributed by atoms with E-state index < -0.39 is 11.2 Å². The van der Waals surface area contributed by atoms with Gasteiger partial charge in [0.05, 0.1) is 5.60 Å². The minimum atomic E-state index is -0.926. The highest BCUT2D eigenvalue weighted by Gasteiger charge is 2.39. The molecule has 1 atom stereocenters. The molecule has 0 aromatic heterocycles. The summed E-state index contributed by atoms with van der Waals surface area (Å²) in [5, 5.41) is 20.0. The van der Waals surface area contributed by atoms with Crippen molar-refractivity contribution in [1.29, 1.82) is 0 Å². The molecule has 0 aromatic rings. The molecule has 2 N–H and O–H groups in total. The number of carbonyl (C=O) groups is 1. The minimum absolute atomic E-state index is 0.0491. The van der Waals surface area contributed by atoms with Crippen molar-refractivity contribution in [1.82, 2.24) is 4.90 Å². The predicted octanol–water partition coefficient (Wildman–Crippen LogP) is 1.78. The number of piperidine rings is 1. The van der Waals surface area contributed by atoms with Crippen LogP contribution in [0.1, 0.15) is 46.5 Å². The second kappa shape index (κ2) is 8.13. The summed E-state index contributed by atoms with van der Waals surface area (Å²) in [7, 11) is 1.60. The second-order valence-electron chi connectivity index (χ2n) is 7.06. The van der Waals surface area contributed by atoms with Gasteiger partial charge in [-0.25, -0.2) is 4.79 Å². The Morgan fingerprint density at radius 1 is 1.23 bits per heavy atom. The van der Waals surface area contributed by atoms with Crippen molar-refractivity contribution in [3.8, 4) is 0 Å². The van der Waals surface area contributed by atoms with Gasteiger partial charge >= 0.3 is 6.09 Å². The molecule has 0 radical (unpaired) electrons. The quantitative estimate of drug-likeness (QED) is 0.781. The zero-order valence-corrected chi connectivity index (χ0v) is 14.3. The molecule has 1 saturated heterocycles. The third kappa shape index (κ3) is 5.74. The maximum absolute atomic E-state index is 12.0. The van der Waals surface area contributed by atoms with Crippen LogP contribution in [0, 0.1) is 5.92 Å². The van der Waals surface area contributed by atoms with Crippen LogP contribution in [-0.2, 0) is 9.47 Å². The molecule has 1 rings (SSSR count). The maximum Gasteiger partial charge on any atom is 0.410 e. The molecule has 1 heterocycles. The van der Waals surface area contributed by atoms with Crippen LogP contribution in [0.4, 0.5) is 4.79 Å². The summed E-state index contributed by atoms with van der Waals surface area (Å²) in [6.07, 6.45) is 1.96. The Hall–Kier alpha value is -0.850. The molecule has 0 spiro atoms. The van der Waals surface area contributed by atoms with Crippen LogP contribution in [0.3, 0.4) is 0 Å². The summed E-state index contributed by atoms with van der Waals surface area (Å²) in [6, 6.07) is 0. The number of amides is 1. The maximum atomic E-state index is 12.0. The molecular formula is C16H31NO5. The predicted molar refractivity (Wildman–Crippen MR) is 83.7 cm³/mol. The zero-order chi connectivity index (χ0) is 16.8. The number of nitrogens with zero attached hydrogens (tertiary/aromatic N) is 1. The van der Waals surface area contributed by atoms with Crippen LogP contribution >= 0.6 is 0 Å². The molecule has 6 heteroatoms. The van der Waals surface area contributed by atoms with Gasteiger partial charge in [-0.1, -0.05) is 0 Å². The number of likely N-dealkylation sites (tertiary alicyclic amines) is 1. The minimum Gasteiger partial charge on any atom is -0.444 e. The van der Waals surface area contributed by atoms with E-state index in [0.717, 1.165) is 0 Å². The van der Waals surface area contributed by atoms with Crippen LogP contribution in [0.15, 0.2) is 0 Å². The van der Waals surface area contributed by atoms with Gasteiger partial charge < -0.3 is 24.6 Å². The molecule has 0 aliphatic carbocycles. The standard InChI is InChI=1S/C16H31NO5/c1-15(2,3)22-14(19)17-9-5-13(6-10-17)16(20,7-11-18)8-12-21-4/h13,18,20H,5-12H2,1-4H3. The molecule has 1 unspecified atom stereocenters. The molecule has 1 aliphatic rings. The molecule has 130 valence electrons. The van der Waals surface area contributed by atoms with Crippen molar-refractivity contribution < 1.29 is 24.5 Å². The molecule has 1 fully saturated rings. The third-order valence-corrected chi connectivity index (χ3v) is 4.19. The van der Waals surface area contributed by atoms with E-state index >= 15 is 0 Å². The number of ether oxygens (including phenoxy) is 2. The van der Waals surface area contributed by atoms with E-state index in [9.17, 15) is 15.0 Å². The van der Waals surface area contributed by atoms with Crippen LogP contribution in [-0.4, -0.2) is 65.8 Å². The summed E-state index contributed by atoms with van der Waals surface area (Å²) in [6.45, 7) is 7.10. The molecular weight excluding hydrogens is 286 g/mol. The van der Waals surface area contributed by atoms with Crippen molar-refractivity contribution in [2.45, 2.75) is 57.7 Å². The Balaban J connectivity index is 2.56. The van der Waals surface area contributed by atoms with E-state index in [1.165, 1.54) is 0 Å². The average Bonchev–Trinajstić information content (AvgIpc) is 2.44. The smallest absolute Gasteiger partial charge is 0.410 e.